The van der Waals surface area contributed by atoms with E-state index in [1.165, 1.54) is 25.1 Å². The summed E-state index contributed by atoms with van der Waals surface area (Å²) < 4.78 is 18.7. The number of Topliss-reactive ketones (excluding diaryl/α,β-unsaturated/α-hetero) is 2. The fourth-order valence-electron chi connectivity index (χ4n) is 2.68. The molecule has 0 unspecified atom stereocenters. The molecule has 2 aromatic rings. The van der Waals surface area contributed by atoms with E-state index in [4.69, 9.17) is 16.0 Å². The van der Waals surface area contributed by atoms with Crippen LogP contribution in [0.5, 0.6) is 0 Å². The number of carbonyl (C=O) groups excluding carboxylic acids is 3. The average molecular weight is 394 g/mol. The van der Waals surface area contributed by atoms with Gasteiger partial charge in [0.2, 0.25) is 5.78 Å². The van der Waals surface area contributed by atoms with Gasteiger partial charge in [0.1, 0.15) is 11.6 Å². The van der Waals surface area contributed by atoms with E-state index in [2.05, 4.69) is 5.32 Å². The molecule has 5 nitrogen and oxygen atoms in total. The van der Waals surface area contributed by atoms with Gasteiger partial charge in [-0.2, -0.15) is 0 Å². The van der Waals surface area contributed by atoms with Gasteiger partial charge in [0.05, 0.1) is 10.6 Å². The molecule has 1 amide bonds. The molecule has 0 fully saturated rings. The van der Waals surface area contributed by atoms with Gasteiger partial charge in [-0.1, -0.05) is 17.7 Å². The Balaban J connectivity index is 2.28. The first-order valence-corrected chi connectivity index (χ1v) is 8.72. The van der Waals surface area contributed by atoms with Gasteiger partial charge in [0.15, 0.2) is 5.76 Å². The number of hydrogen-bond acceptors (Lipinski definition) is 4. The summed E-state index contributed by atoms with van der Waals surface area (Å²) in [6.45, 7) is 8.36. The predicted octanol–water partition coefficient (Wildman–Crippen LogP) is 4.21. The third-order valence-electron chi connectivity index (χ3n) is 3.85. The number of hydrogen-bond donors (Lipinski definition) is 1. The van der Waals surface area contributed by atoms with Crippen LogP contribution in [0.2, 0.25) is 5.02 Å². The van der Waals surface area contributed by atoms with Gasteiger partial charge in [0, 0.05) is 17.5 Å². The molecule has 0 aliphatic carbocycles. The van der Waals surface area contributed by atoms with Crippen LogP contribution in [0, 0.1) is 19.7 Å². The molecule has 1 aromatic heterocycles. The summed E-state index contributed by atoms with van der Waals surface area (Å²) in [6, 6.07) is 3.99. The average Bonchev–Trinajstić information content (AvgIpc) is 2.83. The van der Waals surface area contributed by atoms with E-state index >= 15 is 0 Å². The van der Waals surface area contributed by atoms with Crippen molar-refractivity contribution < 1.29 is 23.2 Å². The minimum absolute atomic E-state index is 0.000133. The van der Waals surface area contributed by atoms with Crippen LogP contribution >= 0.6 is 11.6 Å². The standard InChI is InChI=1S/C20H21ClFNO4/c1-10-16(17(25)19(26)23-20(3,4)5)11(2)27-18(10)15(24)9-12-6-7-14(22)13(21)8-12/h6-8H,9H2,1-5H3,(H,23,26). The lowest BCUT2D eigenvalue weighted by Crippen LogP contribution is -2.44. The first-order valence-electron chi connectivity index (χ1n) is 8.34. The number of carbonyl (C=O) groups is 3. The lowest BCUT2D eigenvalue weighted by Gasteiger charge is -2.19. The zero-order valence-corrected chi connectivity index (χ0v) is 16.6. The second kappa shape index (κ2) is 7.64. The van der Waals surface area contributed by atoms with Crippen LogP contribution in [0.4, 0.5) is 4.39 Å². The maximum atomic E-state index is 13.3. The number of halogens is 2. The molecule has 0 saturated heterocycles. The first-order chi connectivity index (χ1) is 12.4. The number of aryl methyl sites for hydroxylation is 1. The second-order valence-corrected chi connectivity index (χ2v) is 7.78. The van der Waals surface area contributed by atoms with Crippen LogP contribution in [0.3, 0.4) is 0 Å². The van der Waals surface area contributed by atoms with Crippen molar-refractivity contribution in [3.05, 3.63) is 57.2 Å². The van der Waals surface area contributed by atoms with Crippen molar-refractivity contribution in [1.82, 2.24) is 5.32 Å². The molecular weight excluding hydrogens is 373 g/mol. The topological polar surface area (TPSA) is 76.4 Å². The van der Waals surface area contributed by atoms with Crippen molar-refractivity contribution in [2.75, 3.05) is 0 Å². The van der Waals surface area contributed by atoms with E-state index in [1.807, 2.05) is 0 Å². The number of benzene rings is 1. The summed E-state index contributed by atoms with van der Waals surface area (Å²) >= 11 is 5.73. The normalized spacial score (nSPS) is 11.4. The number of furan rings is 1. The summed E-state index contributed by atoms with van der Waals surface area (Å²) in [5.41, 5.74) is 0.328. The third kappa shape index (κ3) is 4.83. The monoisotopic (exact) mass is 393 g/mol. The van der Waals surface area contributed by atoms with Gasteiger partial charge in [-0.25, -0.2) is 4.39 Å². The molecule has 0 radical (unpaired) electrons. The van der Waals surface area contributed by atoms with Gasteiger partial charge in [-0.15, -0.1) is 0 Å². The van der Waals surface area contributed by atoms with Gasteiger partial charge in [-0.3, -0.25) is 14.4 Å². The molecular formula is C20H21ClFNO4. The highest BCUT2D eigenvalue weighted by Gasteiger charge is 2.29. The Kier molecular flexibility index (Phi) is 5.90. The number of rotatable bonds is 5. The highest BCUT2D eigenvalue weighted by molar-refractivity contribution is 6.43. The quantitative estimate of drug-likeness (QED) is 0.609. The summed E-state index contributed by atoms with van der Waals surface area (Å²) in [7, 11) is 0. The Hall–Kier alpha value is -2.47. The highest BCUT2D eigenvalue weighted by atomic mass is 35.5. The van der Waals surface area contributed by atoms with E-state index in [0.29, 0.717) is 11.1 Å². The van der Waals surface area contributed by atoms with Crippen molar-refractivity contribution >= 4 is 29.1 Å². The Bertz CT molecular complexity index is 925. The van der Waals surface area contributed by atoms with Crippen LogP contribution in [0.15, 0.2) is 22.6 Å². The van der Waals surface area contributed by atoms with Gasteiger partial charge < -0.3 is 9.73 Å². The molecule has 0 bridgehead atoms. The molecule has 2 rings (SSSR count). The molecule has 27 heavy (non-hydrogen) atoms. The van der Waals surface area contributed by atoms with Crippen molar-refractivity contribution in [3.8, 4) is 0 Å². The minimum atomic E-state index is -0.765. The Morgan fingerprint density at radius 3 is 2.37 bits per heavy atom. The van der Waals surface area contributed by atoms with Crippen LogP contribution in [-0.2, 0) is 11.2 Å². The molecule has 0 aliphatic rings. The molecule has 0 saturated carbocycles. The smallest absolute Gasteiger partial charge is 0.292 e. The van der Waals surface area contributed by atoms with Crippen LogP contribution < -0.4 is 5.32 Å². The molecule has 0 aliphatic heterocycles. The number of amides is 1. The van der Waals surface area contributed by atoms with Crippen molar-refractivity contribution in [2.24, 2.45) is 0 Å². The summed E-state index contributed by atoms with van der Waals surface area (Å²) in [5.74, 6) is -2.29. The van der Waals surface area contributed by atoms with Crippen molar-refractivity contribution in [3.63, 3.8) is 0 Å². The minimum Gasteiger partial charge on any atom is -0.457 e. The molecule has 144 valence electrons. The highest BCUT2D eigenvalue weighted by Crippen LogP contribution is 2.25. The van der Waals surface area contributed by atoms with Gasteiger partial charge >= 0.3 is 0 Å². The fraction of sp³-hybridized carbons (Fsp3) is 0.350. The Morgan fingerprint density at radius 1 is 1.19 bits per heavy atom. The molecule has 1 aromatic carbocycles. The van der Waals surface area contributed by atoms with Crippen LogP contribution in [0.25, 0.3) is 0 Å². The Morgan fingerprint density at radius 2 is 1.81 bits per heavy atom. The maximum Gasteiger partial charge on any atom is 0.292 e. The first kappa shape index (κ1) is 20.8. The van der Waals surface area contributed by atoms with Crippen LogP contribution in [0.1, 0.15) is 58.6 Å². The zero-order valence-electron chi connectivity index (χ0n) is 15.8. The lowest BCUT2D eigenvalue weighted by molar-refractivity contribution is -0.118. The van der Waals surface area contributed by atoms with Crippen LogP contribution in [-0.4, -0.2) is 23.0 Å². The van der Waals surface area contributed by atoms with E-state index in [0.717, 1.165) is 0 Å². The molecule has 7 heteroatoms. The SMILES string of the molecule is Cc1oc(C(=O)Cc2ccc(F)c(Cl)c2)c(C)c1C(=O)C(=O)NC(C)(C)C. The van der Waals surface area contributed by atoms with Crippen molar-refractivity contribution in [1.29, 1.82) is 0 Å². The summed E-state index contributed by atoms with van der Waals surface area (Å²) in [4.78, 5) is 37.2. The lowest BCUT2D eigenvalue weighted by atomic mass is 10.0. The summed E-state index contributed by atoms with van der Waals surface area (Å²) in [5, 5.41) is 2.52. The van der Waals surface area contributed by atoms with Gasteiger partial charge in [0.25, 0.3) is 11.7 Å². The maximum absolute atomic E-state index is 13.3. The largest absolute Gasteiger partial charge is 0.457 e. The number of nitrogens with one attached hydrogen (secondary N) is 1. The molecule has 1 heterocycles. The van der Waals surface area contributed by atoms with Gasteiger partial charge in [-0.05, 0) is 52.3 Å². The van der Waals surface area contributed by atoms with Crippen molar-refractivity contribution in [2.45, 2.75) is 46.6 Å². The third-order valence-corrected chi connectivity index (χ3v) is 4.14. The molecule has 0 atom stereocenters. The zero-order chi connectivity index (χ0) is 20.5. The predicted molar refractivity (Wildman–Crippen MR) is 99.9 cm³/mol. The van der Waals surface area contributed by atoms with E-state index in [1.54, 1.807) is 27.7 Å². The van der Waals surface area contributed by atoms with E-state index in [-0.39, 0.29) is 28.5 Å². The summed E-state index contributed by atoms with van der Waals surface area (Å²) in [6.07, 6.45) is -0.0738. The number of ketones is 2. The Labute approximate surface area is 161 Å². The molecule has 1 N–H and O–H groups in total. The molecule has 0 spiro atoms. The van der Waals surface area contributed by atoms with E-state index in [9.17, 15) is 18.8 Å². The fourth-order valence-corrected chi connectivity index (χ4v) is 2.88. The second-order valence-electron chi connectivity index (χ2n) is 7.37. The van der Waals surface area contributed by atoms with E-state index < -0.39 is 28.8 Å².